The van der Waals surface area contributed by atoms with Crippen LogP contribution in [0.25, 0.3) is 0 Å². The van der Waals surface area contributed by atoms with Crippen LogP contribution in [0, 0.1) is 0 Å². The molecule has 0 atom stereocenters. The fourth-order valence-corrected chi connectivity index (χ4v) is 1.20. The van der Waals surface area contributed by atoms with Gasteiger partial charge in [0.25, 0.3) is 0 Å². The van der Waals surface area contributed by atoms with Crippen molar-refractivity contribution in [3.63, 3.8) is 0 Å². The fourth-order valence-electron chi connectivity index (χ4n) is 0.317. The molecule has 0 aromatic carbocycles. The second kappa shape index (κ2) is 9.50. The summed E-state index contributed by atoms with van der Waals surface area (Å²) >= 11 is 6.21. The SMILES string of the molecule is CCCCSC(N)=S.[CaH2]. The van der Waals surface area contributed by atoms with Gasteiger partial charge in [-0.15, -0.1) is 0 Å². The van der Waals surface area contributed by atoms with Gasteiger partial charge in [0, 0.05) is 5.75 Å². The van der Waals surface area contributed by atoms with Crippen molar-refractivity contribution < 1.29 is 0 Å². The summed E-state index contributed by atoms with van der Waals surface area (Å²) in [5, 5.41) is 0. The van der Waals surface area contributed by atoms with E-state index >= 15 is 0 Å². The summed E-state index contributed by atoms with van der Waals surface area (Å²) in [5.74, 6) is 1.08. The molecule has 0 aliphatic heterocycles. The van der Waals surface area contributed by atoms with Gasteiger partial charge < -0.3 is 5.73 Å². The Morgan fingerprint density at radius 2 is 2.22 bits per heavy atom. The Morgan fingerprint density at radius 3 is 2.56 bits per heavy atom. The van der Waals surface area contributed by atoms with E-state index in [4.69, 9.17) is 5.73 Å². The second-order valence-corrected chi connectivity index (χ2v) is 3.36. The third-order valence-corrected chi connectivity index (χ3v) is 1.87. The standard InChI is InChI=1S/C5H11NS2.Ca.2H/c1-2-3-4-8-5(6)7;;;/h2-4H2,1H3,(H2,6,7);;;. The van der Waals surface area contributed by atoms with Gasteiger partial charge in [-0.3, -0.25) is 0 Å². The van der Waals surface area contributed by atoms with Gasteiger partial charge in [-0.1, -0.05) is 37.3 Å². The molecule has 0 fully saturated rings. The third kappa shape index (κ3) is 12.6. The molecule has 4 heteroatoms. The molecule has 0 saturated carbocycles. The normalized spacial score (nSPS) is 8.11. The van der Waals surface area contributed by atoms with Crippen LogP contribution in [0.3, 0.4) is 0 Å². The molecule has 0 bridgehead atoms. The van der Waals surface area contributed by atoms with Gasteiger partial charge in [0.1, 0.15) is 4.32 Å². The first-order valence-electron chi connectivity index (χ1n) is 2.69. The van der Waals surface area contributed by atoms with Crippen LogP contribution in [0.2, 0.25) is 0 Å². The van der Waals surface area contributed by atoms with Crippen molar-refractivity contribution in [2.75, 3.05) is 5.75 Å². The van der Waals surface area contributed by atoms with Crippen molar-refractivity contribution in [3.8, 4) is 0 Å². The molecule has 52 valence electrons. The van der Waals surface area contributed by atoms with Gasteiger partial charge in [-0.2, -0.15) is 0 Å². The fraction of sp³-hybridized carbons (Fsp3) is 0.800. The van der Waals surface area contributed by atoms with Crippen LogP contribution in [0.4, 0.5) is 0 Å². The van der Waals surface area contributed by atoms with E-state index in [1.54, 1.807) is 11.8 Å². The van der Waals surface area contributed by atoms with Crippen molar-refractivity contribution in [2.45, 2.75) is 19.8 Å². The number of unbranched alkanes of at least 4 members (excludes halogenated alkanes) is 1. The summed E-state index contributed by atoms with van der Waals surface area (Å²) in [7, 11) is 0. The van der Waals surface area contributed by atoms with Crippen molar-refractivity contribution in [1.82, 2.24) is 0 Å². The van der Waals surface area contributed by atoms with E-state index in [9.17, 15) is 0 Å². The van der Waals surface area contributed by atoms with Crippen LogP contribution in [0.15, 0.2) is 0 Å². The van der Waals surface area contributed by atoms with Crippen molar-refractivity contribution in [2.24, 2.45) is 5.73 Å². The van der Waals surface area contributed by atoms with Crippen molar-refractivity contribution >= 4 is 66.0 Å². The molecule has 0 amide bonds. The molecule has 1 nitrogen and oxygen atoms in total. The van der Waals surface area contributed by atoms with Crippen LogP contribution in [0.1, 0.15) is 19.8 Å². The molecule has 0 heterocycles. The molecule has 0 radical (unpaired) electrons. The first kappa shape index (κ1) is 13.1. The Hall–Kier alpha value is 1.50. The van der Waals surface area contributed by atoms with Gasteiger partial charge in [-0.05, 0) is 6.42 Å². The maximum absolute atomic E-state index is 5.23. The molecule has 0 unspecified atom stereocenters. The van der Waals surface area contributed by atoms with Crippen LogP contribution >= 0.6 is 24.0 Å². The monoisotopic (exact) mass is 191 g/mol. The Morgan fingerprint density at radius 1 is 1.67 bits per heavy atom. The van der Waals surface area contributed by atoms with E-state index in [1.807, 2.05) is 0 Å². The van der Waals surface area contributed by atoms with Crippen molar-refractivity contribution in [1.29, 1.82) is 0 Å². The molecule has 0 aliphatic carbocycles. The number of thiocarbonyl (C=S) groups is 1. The van der Waals surface area contributed by atoms with E-state index < -0.39 is 0 Å². The summed E-state index contributed by atoms with van der Waals surface area (Å²) in [4.78, 5) is 0. The van der Waals surface area contributed by atoms with E-state index in [0.717, 1.165) is 5.75 Å². The predicted molar refractivity (Wildman–Crippen MR) is 52.7 cm³/mol. The minimum absolute atomic E-state index is 0. The Bertz CT molecular complexity index is 77.4. The molecular formula is C5H13CaNS2. The van der Waals surface area contributed by atoms with E-state index in [0.29, 0.717) is 4.32 Å². The molecule has 0 spiro atoms. The van der Waals surface area contributed by atoms with E-state index in [1.165, 1.54) is 12.8 Å². The molecule has 9 heavy (non-hydrogen) atoms. The van der Waals surface area contributed by atoms with Gasteiger partial charge in [0.15, 0.2) is 0 Å². The topological polar surface area (TPSA) is 26.0 Å². The number of hydrogen-bond donors (Lipinski definition) is 1. The average Bonchev–Trinajstić information content (AvgIpc) is 1.66. The minimum atomic E-state index is 0. The number of nitrogens with two attached hydrogens (primary N) is 1. The molecule has 0 rings (SSSR count). The van der Waals surface area contributed by atoms with Gasteiger partial charge in [-0.25, -0.2) is 0 Å². The zero-order valence-electron chi connectivity index (χ0n) is 5.02. The molecule has 0 aromatic heterocycles. The summed E-state index contributed by atoms with van der Waals surface area (Å²) in [5.41, 5.74) is 5.23. The number of hydrogen-bond acceptors (Lipinski definition) is 2. The summed E-state index contributed by atoms with van der Waals surface area (Å²) < 4.78 is 0.568. The molecule has 0 aliphatic rings. The number of thioether (sulfide) groups is 1. The Balaban J connectivity index is 0. The Labute approximate surface area is 96.1 Å². The first-order valence-corrected chi connectivity index (χ1v) is 4.09. The van der Waals surface area contributed by atoms with Gasteiger partial charge >= 0.3 is 37.7 Å². The van der Waals surface area contributed by atoms with Crippen LogP contribution in [0.5, 0.6) is 0 Å². The molecule has 0 aromatic rings. The maximum atomic E-state index is 5.23. The van der Waals surface area contributed by atoms with Gasteiger partial charge in [0.2, 0.25) is 0 Å². The predicted octanol–water partition coefficient (Wildman–Crippen LogP) is 0.847. The van der Waals surface area contributed by atoms with E-state index in [-0.39, 0.29) is 37.7 Å². The first-order chi connectivity index (χ1) is 3.77. The average molecular weight is 191 g/mol. The quantitative estimate of drug-likeness (QED) is 0.407. The Kier molecular flexibility index (Phi) is 13.8. The third-order valence-electron chi connectivity index (χ3n) is 0.742. The second-order valence-electron chi connectivity index (χ2n) is 1.52. The summed E-state index contributed by atoms with van der Waals surface area (Å²) in [6, 6.07) is 0. The van der Waals surface area contributed by atoms with Gasteiger partial charge in [0.05, 0.1) is 0 Å². The molecular weight excluding hydrogens is 178 g/mol. The van der Waals surface area contributed by atoms with E-state index in [2.05, 4.69) is 19.1 Å². The van der Waals surface area contributed by atoms with Crippen LogP contribution < -0.4 is 5.73 Å². The zero-order valence-corrected chi connectivity index (χ0v) is 6.65. The van der Waals surface area contributed by atoms with Crippen molar-refractivity contribution in [3.05, 3.63) is 0 Å². The number of rotatable bonds is 3. The van der Waals surface area contributed by atoms with Crippen LogP contribution in [-0.4, -0.2) is 47.8 Å². The molecule has 2 N–H and O–H groups in total. The summed E-state index contributed by atoms with van der Waals surface area (Å²) in [6.45, 7) is 2.15. The molecule has 0 saturated heterocycles. The zero-order chi connectivity index (χ0) is 6.41. The summed E-state index contributed by atoms with van der Waals surface area (Å²) in [6.07, 6.45) is 2.43. The van der Waals surface area contributed by atoms with Crippen LogP contribution in [-0.2, 0) is 0 Å².